The Kier molecular flexibility index (Phi) is 4.21. The summed E-state index contributed by atoms with van der Waals surface area (Å²) in [5.41, 5.74) is 5.92. The Labute approximate surface area is 91.6 Å². The number of hydrogen-bond acceptors (Lipinski definition) is 1. The number of hydrogen-bond donors (Lipinski definition) is 1. The SMILES string of the molecule is NC(=O)CCC#Cc1ccc(Br)cc1. The largest absolute Gasteiger partial charge is 0.370 e. The molecule has 0 saturated heterocycles. The van der Waals surface area contributed by atoms with E-state index in [0.29, 0.717) is 12.8 Å². The van der Waals surface area contributed by atoms with Crippen LogP contribution in [0.15, 0.2) is 28.7 Å². The van der Waals surface area contributed by atoms with E-state index in [1.807, 2.05) is 24.3 Å². The highest BCUT2D eigenvalue weighted by atomic mass is 79.9. The van der Waals surface area contributed by atoms with Gasteiger partial charge in [-0.05, 0) is 24.3 Å². The molecule has 0 heterocycles. The Morgan fingerprint density at radius 1 is 1.36 bits per heavy atom. The zero-order valence-corrected chi connectivity index (χ0v) is 9.17. The average molecular weight is 252 g/mol. The van der Waals surface area contributed by atoms with Gasteiger partial charge in [0.05, 0.1) is 0 Å². The lowest BCUT2D eigenvalue weighted by Crippen LogP contribution is -2.08. The van der Waals surface area contributed by atoms with E-state index in [1.54, 1.807) is 0 Å². The van der Waals surface area contributed by atoms with E-state index in [2.05, 4.69) is 27.8 Å². The zero-order chi connectivity index (χ0) is 10.4. The molecule has 0 radical (unpaired) electrons. The van der Waals surface area contributed by atoms with Gasteiger partial charge in [-0.1, -0.05) is 27.8 Å². The Bertz CT molecular complexity index is 373. The van der Waals surface area contributed by atoms with Gasteiger partial charge in [0.2, 0.25) is 5.91 Å². The van der Waals surface area contributed by atoms with Crippen LogP contribution in [0.25, 0.3) is 0 Å². The molecule has 0 fully saturated rings. The van der Waals surface area contributed by atoms with Crippen LogP contribution in [-0.2, 0) is 4.79 Å². The van der Waals surface area contributed by atoms with Crippen LogP contribution in [0.2, 0.25) is 0 Å². The van der Waals surface area contributed by atoms with Crippen molar-refractivity contribution < 1.29 is 4.79 Å². The third-order valence-electron chi connectivity index (χ3n) is 1.57. The maximum atomic E-state index is 10.4. The third kappa shape index (κ3) is 4.11. The van der Waals surface area contributed by atoms with E-state index in [0.717, 1.165) is 10.0 Å². The minimum Gasteiger partial charge on any atom is -0.370 e. The fourth-order valence-corrected chi connectivity index (χ4v) is 1.15. The molecule has 0 aliphatic rings. The van der Waals surface area contributed by atoms with E-state index in [9.17, 15) is 4.79 Å². The van der Waals surface area contributed by atoms with Gasteiger partial charge in [-0.25, -0.2) is 0 Å². The zero-order valence-electron chi connectivity index (χ0n) is 7.59. The number of amides is 1. The molecule has 0 spiro atoms. The van der Waals surface area contributed by atoms with Crippen LogP contribution in [0, 0.1) is 11.8 Å². The summed E-state index contributed by atoms with van der Waals surface area (Å²) in [6.45, 7) is 0. The van der Waals surface area contributed by atoms with Crippen LogP contribution in [0.3, 0.4) is 0 Å². The van der Waals surface area contributed by atoms with Crippen LogP contribution in [-0.4, -0.2) is 5.91 Å². The molecule has 0 aliphatic heterocycles. The molecule has 0 unspecified atom stereocenters. The molecule has 1 aromatic rings. The fraction of sp³-hybridized carbons (Fsp3) is 0.182. The Hall–Kier alpha value is -1.27. The molecule has 2 N–H and O–H groups in total. The molecule has 2 nitrogen and oxygen atoms in total. The summed E-state index contributed by atoms with van der Waals surface area (Å²) >= 11 is 3.34. The van der Waals surface area contributed by atoms with Crippen molar-refractivity contribution in [2.75, 3.05) is 0 Å². The van der Waals surface area contributed by atoms with Crippen LogP contribution >= 0.6 is 15.9 Å². The summed E-state index contributed by atoms with van der Waals surface area (Å²) in [4.78, 5) is 10.4. The Balaban J connectivity index is 2.51. The summed E-state index contributed by atoms with van der Waals surface area (Å²) in [6, 6.07) is 7.69. The topological polar surface area (TPSA) is 43.1 Å². The lowest BCUT2D eigenvalue weighted by molar-refractivity contribution is -0.117. The second-order valence-electron chi connectivity index (χ2n) is 2.77. The predicted octanol–water partition coefficient (Wildman–Crippen LogP) is 2.07. The van der Waals surface area contributed by atoms with Crippen LogP contribution in [0.1, 0.15) is 18.4 Å². The molecule has 1 aromatic carbocycles. The number of nitrogens with two attached hydrogens (primary N) is 1. The molecule has 0 aromatic heterocycles. The maximum absolute atomic E-state index is 10.4. The number of carbonyl (C=O) groups excluding carboxylic acids is 1. The van der Waals surface area contributed by atoms with Crippen molar-refractivity contribution in [1.29, 1.82) is 0 Å². The number of primary amides is 1. The Morgan fingerprint density at radius 2 is 2.00 bits per heavy atom. The van der Waals surface area contributed by atoms with Crippen LogP contribution < -0.4 is 5.73 Å². The molecule has 3 heteroatoms. The van der Waals surface area contributed by atoms with Gasteiger partial charge in [0.25, 0.3) is 0 Å². The van der Waals surface area contributed by atoms with Crippen molar-refractivity contribution in [3.05, 3.63) is 34.3 Å². The summed E-state index contributed by atoms with van der Waals surface area (Å²) in [5.74, 6) is 5.52. The molecule has 0 atom stereocenters. The third-order valence-corrected chi connectivity index (χ3v) is 2.10. The first-order valence-electron chi connectivity index (χ1n) is 4.21. The molecule has 1 rings (SSSR count). The molecule has 14 heavy (non-hydrogen) atoms. The molecule has 0 saturated carbocycles. The van der Waals surface area contributed by atoms with Gasteiger partial charge >= 0.3 is 0 Å². The van der Waals surface area contributed by atoms with Gasteiger partial charge in [-0.15, -0.1) is 0 Å². The predicted molar refractivity (Wildman–Crippen MR) is 59.4 cm³/mol. The molecule has 72 valence electrons. The quantitative estimate of drug-likeness (QED) is 0.804. The minimum absolute atomic E-state index is 0.310. The Morgan fingerprint density at radius 3 is 2.57 bits per heavy atom. The number of carbonyl (C=O) groups is 1. The number of halogens is 1. The van der Waals surface area contributed by atoms with Crippen molar-refractivity contribution >= 4 is 21.8 Å². The van der Waals surface area contributed by atoms with Gasteiger partial charge in [-0.3, -0.25) is 4.79 Å². The van der Waals surface area contributed by atoms with Gasteiger partial charge in [-0.2, -0.15) is 0 Å². The average Bonchev–Trinajstić information content (AvgIpc) is 2.15. The highest BCUT2D eigenvalue weighted by Crippen LogP contribution is 2.09. The van der Waals surface area contributed by atoms with E-state index in [4.69, 9.17) is 5.73 Å². The van der Waals surface area contributed by atoms with Crippen molar-refractivity contribution in [2.24, 2.45) is 5.73 Å². The minimum atomic E-state index is -0.310. The van der Waals surface area contributed by atoms with E-state index in [1.165, 1.54) is 0 Å². The lowest BCUT2D eigenvalue weighted by Gasteiger charge is -1.90. The van der Waals surface area contributed by atoms with Gasteiger partial charge in [0.1, 0.15) is 0 Å². The standard InChI is InChI=1S/C11H10BrNO/c12-10-7-5-9(6-8-10)3-1-2-4-11(13)14/h5-8H,2,4H2,(H2,13,14). The highest BCUT2D eigenvalue weighted by molar-refractivity contribution is 9.10. The molecule has 0 aliphatic carbocycles. The first-order valence-corrected chi connectivity index (χ1v) is 5.00. The summed E-state index contributed by atoms with van der Waals surface area (Å²) < 4.78 is 1.03. The smallest absolute Gasteiger partial charge is 0.218 e. The molecular weight excluding hydrogens is 242 g/mol. The van der Waals surface area contributed by atoms with Crippen LogP contribution in [0.4, 0.5) is 0 Å². The van der Waals surface area contributed by atoms with E-state index in [-0.39, 0.29) is 5.91 Å². The molecule has 0 bridgehead atoms. The van der Waals surface area contributed by atoms with Crippen molar-refractivity contribution in [3.8, 4) is 11.8 Å². The normalized spacial score (nSPS) is 8.93. The summed E-state index contributed by atoms with van der Waals surface area (Å²) in [6.07, 6.45) is 0.842. The first-order chi connectivity index (χ1) is 6.68. The molecule has 1 amide bonds. The monoisotopic (exact) mass is 251 g/mol. The number of rotatable bonds is 2. The van der Waals surface area contributed by atoms with Crippen molar-refractivity contribution in [1.82, 2.24) is 0 Å². The second kappa shape index (κ2) is 5.46. The maximum Gasteiger partial charge on any atom is 0.218 e. The van der Waals surface area contributed by atoms with Crippen LogP contribution in [0.5, 0.6) is 0 Å². The summed E-state index contributed by atoms with van der Waals surface area (Å²) in [5, 5.41) is 0. The van der Waals surface area contributed by atoms with Gasteiger partial charge in [0.15, 0.2) is 0 Å². The van der Waals surface area contributed by atoms with Gasteiger partial charge < -0.3 is 5.73 Å². The lowest BCUT2D eigenvalue weighted by atomic mass is 10.2. The molecular formula is C11H10BrNO. The second-order valence-corrected chi connectivity index (χ2v) is 3.69. The number of benzene rings is 1. The van der Waals surface area contributed by atoms with Crippen molar-refractivity contribution in [3.63, 3.8) is 0 Å². The van der Waals surface area contributed by atoms with Crippen molar-refractivity contribution in [2.45, 2.75) is 12.8 Å². The fourth-order valence-electron chi connectivity index (χ4n) is 0.883. The summed E-state index contributed by atoms with van der Waals surface area (Å²) in [7, 11) is 0. The van der Waals surface area contributed by atoms with E-state index < -0.39 is 0 Å². The first kappa shape index (κ1) is 10.8. The van der Waals surface area contributed by atoms with Gasteiger partial charge in [0, 0.05) is 22.9 Å². The highest BCUT2D eigenvalue weighted by Gasteiger charge is 1.89. The van der Waals surface area contributed by atoms with E-state index >= 15 is 0 Å².